The van der Waals surface area contributed by atoms with Crippen molar-refractivity contribution in [3.8, 4) is 16.8 Å². The molecule has 220 valence electrons. The predicted molar refractivity (Wildman–Crippen MR) is 204 cm³/mol. The SMILES string of the molecule is CC1(C)c2ccccc2-c2c1c1c(c3ccccc3n1-c1ccc3c4ccccc4c4ccccc4c3c1)c1c2sc2ccccc21. The second-order valence-electron chi connectivity index (χ2n) is 13.6. The summed E-state index contributed by atoms with van der Waals surface area (Å²) < 4.78 is 5.35. The summed E-state index contributed by atoms with van der Waals surface area (Å²) >= 11 is 1.95. The summed E-state index contributed by atoms with van der Waals surface area (Å²) in [4.78, 5) is 0. The highest BCUT2D eigenvalue weighted by molar-refractivity contribution is 7.26. The average Bonchev–Trinajstić information content (AvgIpc) is 3.74. The van der Waals surface area contributed by atoms with Gasteiger partial charge in [0, 0.05) is 47.6 Å². The van der Waals surface area contributed by atoms with Gasteiger partial charge in [0.25, 0.3) is 0 Å². The molecule has 10 aromatic rings. The van der Waals surface area contributed by atoms with Crippen LogP contribution in [-0.4, -0.2) is 4.57 Å². The van der Waals surface area contributed by atoms with E-state index in [9.17, 15) is 0 Å². The number of hydrogen-bond acceptors (Lipinski definition) is 1. The zero-order valence-corrected chi connectivity index (χ0v) is 27.0. The third-order valence-corrected chi connectivity index (χ3v) is 12.1. The molecule has 11 rings (SSSR count). The highest BCUT2D eigenvalue weighted by Gasteiger charge is 2.41. The van der Waals surface area contributed by atoms with E-state index >= 15 is 0 Å². The van der Waals surface area contributed by atoms with E-state index in [0.29, 0.717) is 0 Å². The third-order valence-electron chi connectivity index (χ3n) is 10.9. The lowest BCUT2D eigenvalue weighted by atomic mass is 9.81. The van der Waals surface area contributed by atoms with Crippen LogP contribution in [0.5, 0.6) is 0 Å². The molecule has 2 heterocycles. The first-order chi connectivity index (χ1) is 23.1. The summed E-state index contributed by atoms with van der Waals surface area (Å²) in [5.74, 6) is 0. The molecule has 0 saturated heterocycles. The van der Waals surface area contributed by atoms with E-state index in [0.717, 1.165) is 0 Å². The van der Waals surface area contributed by atoms with Crippen molar-refractivity contribution >= 4 is 85.6 Å². The van der Waals surface area contributed by atoms with E-state index in [-0.39, 0.29) is 5.41 Å². The zero-order chi connectivity index (χ0) is 31.0. The molecule has 0 saturated carbocycles. The quantitative estimate of drug-likeness (QED) is 0.162. The van der Waals surface area contributed by atoms with Gasteiger partial charge in [-0.05, 0) is 73.3 Å². The fourth-order valence-corrected chi connectivity index (χ4v) is 10.3. The summed E-state index contributed by atoms with van der Waals surface area (Å²) in [7, 11) is 0. The number of para-hydroxylation sites is 1. The number of fused-ring (bicyclic) bond motifs is 18. The first-order valence-electron chi connectivity index (χ1n) is 16.5. The number of hydrogen-bond donors (Lipinski definition) is 0. The molecule has 2 aromatic heterocycles. The van der Waals surface area contributed by atoms with Gasteiger partial charge in [0.05, 0.1) is 11.0 Å². The molecule has 1 aliphatic rings. The summed E-state index contributed by atoms with van der Waals surface area (Å²) in [5, 5.41) is 13.2. The largest absolute Gasteiger partial charge is 0.309 e. The molecule has 47 heavy (non-hydrogen) atoms. The summed E-state index contributed by atoms with van der Waals surface area (Å²) in [5.41, 5.74) is 9.26. The van der Waals surface area contributed by atoms with Crippen molar-refractivity contribution in [3.05, 3.63) is 151 Å². The Morgan fingerprint density at radius 1 is 0.511 bits per heavy atom. The molecule has 0 amide bonds. The van der Waals surface area contributed by atoms with Crippen molar-refractivity contribution in [2.75, 3.05) is 0 Å². The molecule has 0 fully saturated rings. The van der Waals surface area contributed by atoms with Crippen LogP contribution in [-0.2, 0) is 5.41 Å². The number of aromatic nitrogens is 1. The monoisotopic (exact) mass is 615 g/mol. The number of nitrogens with zero attached hydrogens (tertiary/aromatic N) is 1. The highest BCUT2D eigenvalue weighted by Crippen LogP contribution is 2.58. The van der Waals surface area contributed by atoms with E-state index in [1.165, 1.54) is 102 Å². The molecule has 0 aliphatic heterocycles. The van der Waals surface area contributed by atoms with Gasteiger partial charge in [0.2, 0.25) is 0 Å². The second-order valence-corrected chi connectivity index (χ2v) is 14.7. The summed E-state index contributed by atoms with van der Waals surface area (Å²) in [6.45, 7) is 4.86. The van der Waals surface area contributed by atoms with Crippen molar-refractivity contribution in [2.24, 2.45) is 0 Å². The van der Waals surface area contributed by atoms with Crippen molar-refractivity contribution < 1.29 is 0 Å². The lowest BCUT2D eigenvalue weighted by molar-refractivity contribution is 0.664. The summed E-state index contributed by atoms with van der Waals surface area (Å²) in [6.07, 6.45) is 0. The Bertz CT molecular complexity index is 2950. The van der Waals surface area contributed by atoms with Crippen LogP contribution in [0.25, 0.3) is 91.1 Å². The van der Waals surface area contributed by atoms with E-state index in [1.54, 1.807) is 0 Å². The van der Waals surface area contributed by atoms with Gasteiger partial charge in [0.1, 0.15) is 0 Å². The standard InChI is InChI=1S/C45H29NS/c1-45(2)36-20-10-7-17-32(36)41-42(45)43-39(40-34-19-9-12-22-38(34)47-44(40)41)33-18-8-11-21-37(33)46(43)26-23-24-31-29-15-4-3-13-27(29)28-14-5-6-16-30(28)35(31)25-26/h3-25H,1-2H3. The Hall–Kier alpha value is -5.44. The molecule has 0 N–H and O–H groups in total. The highest BCUT2D eigenvalue weighted by atomic mass is 32.1. The molecule has 1 nitrogen and oxygen atoms in total. The van der Waals surface area contributed by atoms with Crippen LogP contribution in [0.15, 0.2) is 140 Å². The van der Waals surface area contributed by atoms with Crippen LogP contribution in [0.3, 0.4) is 0 Å². The minimum absolute atomic E-state index is 0.166. The minimum Gasteiger partial charge on any atom is -0.309 e. The zero-order valence-electron chi connectivity index (χ0n) is 26.1. The second kappa shape index (κ2) is 8.88. The Morgan fingerprint density at radius 3 is 1.83 bits per heavy atom. The molecule has 0 atom stereocenters. The van der Waals surface area contributed by atoms with E-state index < -0.39 is 0 Å². The molecular formula is C45H29NS. The van der Waals surface area contributed by atoms with Crippen LogP contribution in [0.2, 0.25) is 0 Å². The van der Waals surface area contributed by atoms with Crippen LogP contribution in [0, 0.1) is 0 Å². The first-order valence-corrected chi connectivity index (χ1v) is 17.3. The van der Waals surface area contributed by atoms with Gasteiger partial charge in [-0.3, -0.25) is 0 Å². The van der Waals surface area contributed by atoms with Crippen molar-refractivity contribution in [1.82, 2.24) is 4.57 Å². The number of rotatable bonds is 1. The van der Waals surface area contributed by atoms with Crippen molar-refractivity contribution in [3.63, 3.8) is 0 Å². The Balaban J connectivity index is 1.39. The smallest absolute Gasteiger partial charge is 0.0595 e. The molecule has 0 unspecified atom stereocenters. The fourth-order valence-electron chi connectivity index (χ4n) is 8.98. The predicted octanol–water partition coefficient (Wildman–Crippen LogP) is 12.9. The number of benzene rings is 8. The number of thiophene rings is 1. The van der Waals surface area contributed by atoms with E-state index in [1.807, 2.05) is 11.3 Å². The van der Waals surface area contributed by atoms with Gasteiger partial charge in [-0.2, -0.15) is 0 Å². The lowest BCUT2D eigenvalue weighted by Gasteiger charge is -2.24. The van der Waals surface area contributed by atoms with E-state index in [4.69, 9.17) is 0 Å². The van der Waals surface area contributed by atoms with Gasteiger partial charge in [-0.1, -0.05) is 129 Å². The van der Waals surface area contributed by atoms with Crippen LogP contribution in [0.4, 0.5) is 0 Å². The molecule has 8 aromatic carbocycles. The van der Waals surface area contributed by atoms with Gasteiger partial charge >= 0.3 is 0 Å². The van der Waals surface area contributed by atoms with Gasteiger partial charge < -0.3 is 4.57 Å². The van der Waals surface area contributed by atoms with Crippen LogP contribution >= 0.6 is 11.3 Å². The molecular weight excluding hydrogens is 587 g/mol. The van der Waals surface area contributed by atoms with Crippen molar-refractivity contribution in [1.29, 1.82) is 0 Å². The maximum atomic E-state index is 2.59. The van der Waals surface area contributed by atoms with Gasteiger partial charge in [-0.15, -0.1) is 11.3 Å². The Morgan fingerprint density at radius 2 is 1.09 bits per heavy atom. The topological polar surface area (TPSA) is 4.93 Å². The maximum Gasteiger partial charge on any atom is 0.0595 e. The maximum absolute atomic E-state index is 2.59. The fraction of sp³-hybridized carbons (Fsp3) is 0.0667. The molecule has 0 radical (unpaired) electrons. The minimum atomic E-state index is -0.166. The van der Waals surface area contributed by atoms with Gasteiger partial charge in [0.15, 0.2) is 0 Å². The lowest BCUT2D eigenvalue weighted by Crippen LogP contribution is -2.16. The Labute approximate surface area is 275 Å². The molecule has 0 bridgehead atoms. The molecule has 1 aliphatic carbocycles. The molecule has 0 spiro atoms. The summed E-state index contributed by atoms with van der Waals surface area (Å²) in [6, 6.07) is 52.1. The van der Waals surface area contributed by atoms with E-state index in [2.05, 4.69) is 158 Å². The van der Waals surface area contributed by atoms with Gasteiger partial charge in [-0.25, -0.2) is 0 Å². The van der Waals surface area contributed by atoms with Crippen LogP contribution < -0.4 is 0 Å². The third kappa shape index (κ3) is 3.14. The van der Waals surface area contributed by atoms with Crippen LogP contribution in [0.1, 0.15) is 25.0 Å². The first kappa shape index (κ1) is 25.7. The Kier molecular flexibility index (Phi) is 4.86. The average molecular weight is 616 g/mol. The van der Waals surface area contributed by atoms with Crippen molar-refractivity contribution in [2.45, 2.75) is 19.3 Å². The normalized spacial score (nSPS) is 13.9. The molecule has 2 heteroatoms.